The molecule has 0 radical (unpaired) electrons. The van der Waals surface area contributed by atoms with E-state index in [1.807, 2.05) is 38.1 Å². The predicted molar refractivity (Wildman–Crippen MR) is 127 cm³/mol. The van der Waals surface area contributed by atoms with Gasteiger partial charge in [0, 0.05) is 22.5 Å². The van der Waals surface area contributed by atoms with Gasteiger partial charge in [-0.15, -0.1) is 0 Å². The van der Waals surface area contributed by atoms with Crippen molar-refractivity contribution in [1.82, 2.24) is 10.3 Å². The van der Waals surface area contributed by atoms with E-state index >= 15 is 0 Å². The fourth-order valence-corrected chi connectivity index (χ4v) is 4.02. The van der Waals surface area contributed by atoms with E-state index in [4.69, 9.17) is 0 Å². The van der Waals surface area contributed by atoms with Crippen molar-refractivity contribution in [1.29, 1.82) is 0 Å². The fourth-order valence-electron chi connectivity index (χ4n) is 4.02. The molecule has 0 spiro atoms. The molecule has 168 valence electrons. The van der Waals surface area contributed by atoms with Crippen molar-refractivity contribution in [3.8, 4) is 0 Å². The number of nitrogens with one attached hydrogen (secondary N) is 3. The molecule has 1 unspecified atom stereocenters. The summed E-state index contributed by atoms with van der Waals surface area (Å²) >= 11 is 0. The molecule has 0 saturated heterocycles. The molecule has 2 aromatic carbocycles. The molecular weight excluding hydrogens is 420 g/mol. The third-order valence-corrected chi connectivity index (χ3v) is 5.90. The zero-order chi connectivity index (χ0) is 23.9. The lowest BCUT2D eigenvalue weighted by molar-refractivity contribution is -0.385. The molecule has 1 atom stereocenters. The largest absolute Gasteiger partial charge is 0.353 e. The molecule has 2 amide bonds. The third-order valence-electron chi connectivity index (χ3n) is 5.90. The van der Waals surface area contributed by atoms with Crippen LogP contribution in [0.1, 0.15) is 57.0 Å². The molecule has 8 nitrogen and oxygen atoms in total. The van der Waals surface area contributed by atoms with Crippen molar-refractivity contribution >= 4 is 34.8 Å². The third kappa shape index (κ3) is 4.15. The van der Waals surface area contributed by atoms with E-state index in [0.717, 1.165) is 11.1 Å². The van der Waals surface area contributed by atoms with Crippen molar-refractivity contribution in [2.24, 2.45) is 0 Å². The normalized spacial score (nSPS) is 14.7. The van der Waals surface area contributed by atoms with Crippen molar-refractivity contribution in [2.45, 2.75) is 33.7 Å². The summed E-state index contributed by atoms with van der Waals surface area (Å²) in [7, 11) is 0. The first-order valence-corrected chi connectivity index (χ1v) is 10.5. The molecule has 0 fully saturated rings. The molecule has 33 heavy (non-hydrogen) atoms. The second-order valence-electron chi connectivity index (χ2n) is 8.27. The van der Waals surface area contributed by atoms with Crippen LogP contribution < -0.4 is 10.6 Å². The molecule has 1 aromatic heterocycles. The van der Waals surface area contributed by atoms with Gasteiger partial charge in [0.1, 0.15) is 0 Å². The monoisotopic (exact) mass is 444 g/mol. The Kier molecular flexibility index (Phi) is 5.59. The maximum Gasteiger partial charge on any atom is 0.293 e. The Morgan fingerprint density at radius 1 is 1.12 bits per heavy atom. The minimum absolute atomic E-state index is 0.00120. The molecule has 1 aliphatic rings. The minimum atomic E-state index is -0.441. The molecule has 0 bridgehead atoms. The van der Waals surface area contributed by atoms with Crippen LogP contribution in [-0.4, -0.2) is 21.7 Å². The molecule has 3 aromatic rings. The van der Waals surface area contributed by atoms with Gasteiger partial charge < -0.3 is 15.6 Å². The van der Waals surface area contributed by atoms with E-state index in [9.17, 15) is 19.7 Å². The van der Waals surface area contributed by atoms with Gasteiger partial charge in [0.25, 0.3) is 17.5 Å². The lowest BCUT2D eigenvalue weighted by atomic mass is 10.0. The van der Waals surface area contributed by atoms with Crippen LogP contribution >= 0.6 is 0 Å². The van der Waals surface area contributed by atoms with Crippen LogP contribution in [-0.2, 0) is 4.79 Å². The summed E-state index contributed by atoms with van der Waals surface area (Å²) in [6.07, 6.45) is 1.59. The maximum absolute atomic E-state index is 12.9. The standard InChI is InChI=1S/C25H24N4O4/c1-13-5-7-17(8-6-13)15(3)27-24(30)18-9-10-21-19(11-18)20(25(31)28-21)12-22-14(2)23(29(32)33)16(4)26-22/h5-12,15,26H,1-4H3,(H,27,30)(H,28,31). The van der Waals surface area contributed by atoms with Gasteiger partial charge in [0.15, 0.2) is 0 Å². The Balaban J connectivity index is 1.64. The quantitative estimate of drug-likeness (QED) is 0.297. The molecule has 3 N–H and O–H groups in total. The second kappa shape index (κ2) is 8.38. The van der Waals surface area contributed by atoms with Gasteiger partial charge in [-0.05, 0) is 57.5 Å². The number of carbonyl (C=O) groups is 2. The van der Waals surface area contributed by atoms with Crippen LogP contribution in [0.2, 0.25) is 0 Å². The number of fused-ring (bicyclic) bond motifs is 1. The number of rotatable bonds is 5. The Bertz CT molecular complexity index is 1320. The topological polar surface area (TPSA) is 117 Å². The van der Waals surface area contributed by atoms with Crippen molar-refractivity contribution in [3.05, 3.63) is 91.8 Å². The van der Waals surface area contributed by atoms with Crippen LogP contribution in [0.3, 0.4) is 0 Å². The summed E-state index contributed by atoms with van der Waals surface area (Å²) in [5.41, 5.74) is 5.41. The lowest BCUT2D eigenvalue weighted by Crippen LogP contribution is -2.26. The molecule has 0 saturated carbocycles. The highest BCUT2D eigenvalue weighted by Gasteiger charge is 2.27. The summed E-state index contributed by atoms with van der Waals surface area (Å²) in [6, 6.07) is 12.8. The Morgan fingerprint density at radius 2 is 1.82 bits per heavy atom. The van der Waals surface area contributed by atoms with Gasteiger partial charge >= 0.3 is 0 Å². The van der Waals surface area contributed by atoms with Gasteiger partial charge in [0.2, 0.25) is 0 Å². The van der Waals surface area contributed by atoms with E-state index in [2.05, 4.69) is 15.6 Å². The summed E-state index contributed by atoms with van der Waals surface area (Å²) in [5, 5.41) is 17.1. The highest BCUT2D eigenvalue weighted by molar-refractivity contribution is 6.35. The van der Waals surface area contributed by atoms with Crippen LogP contribution in [0, 0.1) is 30.9 Å². The van der Waals surface area contributed by atoms with E-state index in [1.165, 1.54) is 0 Å². The van der Waals surface area contributed by atoms with E-state index in [0.29, 0.717) is 39.3 Å². The Morgan fingerprint density at radius 3 is 2.45 bits per heavy atom. The van der Waals surface area contributed by atoms with Gasteiger partial charge in [-0.3, -0.25) is 19.7 Å². The van der Waals surface area contributed by atoms with E-state index in [-0.39, 0.29) is 23.5 Å². The second-order valence-corrected chi connectivity index (χ2v) is 8.27. The number of anilines is 1. The molecular formula is C25H24N4O4. The number of aromatic nitrogens is 1. The number of benzene rings is 2. The molecule has 4 rings (SSSR count). The van der Waals surface area contributed by atoms with Gasteiger partial charge in [-0.1, -0.05) is 29.8 Å². The number of amides is 2. The summed E-state index contributed by atoms with van der Waals surface area (Å²) in [5.74, 6) is -0.586. The molecule has 8 heteroatoms. The van der Waals surface area contributed by atoms with E-state index < -0.39 is 4.92 Å². The Labute approximate surface area is 190 Å². The number of aromatic amines is 1. The van der Waals surface area contributed by atoms with Crippen LogP contribution in [0.15, 0.2) is 42.5 Å². The number of hydrogen-bond acceptors (Lipinski definition) is 4. The molecule has 1 aliphatic heterocycles. The average Bonchev–Trinajstić information content (AvgIpc) is 3.23. The van der Waals surface area contributed by atoms with Crippen LogP contribution in [0.5, 0.6) is 0 Å². The zero-order valence-corrected chi connectivity index (χ0v) is 18.8. The van der Waals surface area contributed by atoms with Crippen molar-refractivity contribution < 1.29 is 14.5 Å². The van der Waals surface area contributed by atoms with Gasteiger partial charge in [0.05, 0.1) is 27.8 Å². The molecule has 2 heterocycles. The SMILES string of the molecule is Cc1ccc(C(C)NC(=O)c2ccc3c(c2)C(=Cc2[nH]c(C)c([N+](=O)[O-])c2C)C(=O)N3)cc1. The summed E-state index contributed by atoms with van der Waals surface area (Å²) < 4.78 is 0. The average molecular weight is 444 g/mol. The zero-order valence-electron chi connectivity index (χ0n) is 18.8. The number of H-pyrrole nitrogens is 1. The summed E-state index contributed by atoms with van der Waals surface area (Å²) in [4.78, 5) is 39.4. The number of nitro groups is 1. The first-order valence-electron chi connectivity index (χ1n) is 10.5. The molecule has 0 aliphatic carbocycles. The van der Waals surface area contributed by atoms with Gasteiger partial charge in [-0.2, -0.15) is 0 Å². The van der Waals surface area contributed by atoms with Gasteiger partial charge in [-0.25, -0.2) is 0 Å². The highest BCUT2D eigenvalue weighted by atomic mass is 16.6. The maximum atomic E-state index is 12.9. The fraction of sp³-hybridized carbons (Fsp3) is 0.200. The van der Waals surface area contributed by atoms with Crippen LogP contribution in [0.25, 0.3) is 11.6 Å². The summed E-state index contributed by atoms with van der Waals surface area (Å²) in [6.45, 7) is 7.17. The first kappa shape index (κ1) is 22.0. The van der Waals surface area contributed by atoms with E-state index in [1.54, 1.807) is 38.1 Å². The van der Waals surface area contributed by atoms with Crippen molar-refractivity contribution in [2.75, 3.05) is 5.32 Å². The van der Waals surface area contributed by atoms with Crippen LogP contribution in [0.4, 0.5) is 11.4 Å². The number of nitrogens with zero attached hydrogens (tertiary/aromatic N) is 1. The highest BCUT2D eigenvalue weighted by Crippen LogP contribution is 2.36. The van der Waals surface area contributed by atoms with Crippen molar-refractivity contribution in [3.63, 3.8) is 0 Å². The number of aryl methyl sites for hydroxylation is 2. The predicted octanol–water partition coefficient (Wildman–Crippen LogP) is 4.83. The lowest BCUT2D eigenvalue weighted by Gasteiger charge is -2.15. The smallest absolute Gasteiger partial charge is 0.293 e. The first-order chi connectivity index (χ1) is 15.7. The minimum Gasteiger partial charge on any atom is -0.353 e. The number of carbonyl (C=O) groups excluding carboxylic acids is 2. The number of hydrogen-bond donors (Lipinski definition) is 3. The Hall–Kier alpha value is -4.20.